The van der Waals surface area contributed by atoms with Gasteiger partial charge in [-0.25, -0.2) is 0 Å². The lowest BCUT2D eigenvalue weighted by Crippen LogP contribution is -2.10. The predicted octanol–water partition coefficient (Wildman–Crippen LogP) is 36.6. The van der Waals surface area contributed by atoms with Crippen LogP contribution >= 0.6 is 0 Å². The van der Waals surface area contributed by atoms with Crippen molar-refractivity contribution in [1.29, 1.82) is 0 Å². The zero-order valence-electron chi connectivity index (χ0n) is 74.9. The van der Waals surface area contributed by atoms with Crippen molar-refractivity contribution in [2.45, 2.75) is 26.2 Å². The second-order valence-electron chi connectivity index (χ2n) is 37.6. The van der Waals surface area contributed by atoms with Crippen molar-refractivity contribution in [1.82, 2.24) is 13.7 Å². The Bertz CT molecular complexity index is 9670. The van der Waals surface area contributed by atoms with Crippen molar-refractivity contribution in [2.75, 3.05) is 0 Å². The average Bonchev–Trinajstić information content (AvgIpc) is 1.71. The molecule has 0 unspecified atom stereocenters. The molecule has 3 aromatic heterocycles. The molecule has 29 aromatic rings. The maximum absolute atomic E-state index is 2.38. The van der Waals surface area contributed by atoms with Crippen molar-refractivity contribution >= 4 is 184 Å². The highest BCUT2D eigenvalue weighted by Gasteiger charge is 2.24. The minimum Gasteiger partial charge on any atom is -0.309 e. The first-order valence-electron chi connectivity index (χ1n) is 47.1. The van der Waals surface area contributed by atoms with Gasteiger partial charge in [-0.1, -0.05) is 415 Å². The summed E-state index contributed by atoms with van der Waals surface area (Å²) in [5, 5.41) is 36.4. The normalized spacial score (nSPS) is 12.1. The molecule has 135 heavy (non-hydrogen) atoms. The molecule has 3 heteroatoms. The van der Waals surface area contributed by atoms with Crippen molar-refractivity contribution in [2.24, 2.45) is 0 Å². The Morgan fingerprint density at radius 1 is 0.141 bits per heavy atom. The maximum atomic E-state index is 2.38. The topological polar surface area (TPSA) is 14.8 Å². The Labute approximate surface area is 780 Å². The quantitative estimate of drug-likeness (QED) is 0.128. The van der Waals surface area contributed by atoms with Crippen molar-refractivity contribution in [3.05, 3.63) is 479 Å². The monoisotopic (exact) mass is 1710 g/mol. The summed E-state index contributed by atoms with van der Waals surface area (Å²) in [5.41, 5.74) is 27.6. The van der Waals surface area contributed by atoms with Crippen LogP contribution in [0.15, 0.2) is 473 Å². The van der Waals surface area contributed by atoms with E-state index in [4.69, 9.17) is 0 Å². The predicted molar refractivity (Wildman–Crippen MR) is 580 cm³/mol. The molecule has 0 radical (unpaired) electrons. The molecule has 0 aliphatic heterocycles. The third-order valence-electron chi connectivity index (χ3n) is 29.2. The van der Waals surface area contributed by atoms with Crippen LogP contribution in [0.2, 0.25) is 0 Å². The number of fused-ring (bicyclic) bond motifs is 11. The molecule has 0 atom stereocenters. The molecule has 3 heterocycles. The number of para-hydroxylation sites is 6. The average molecular weight is 1720 g/mol. The van der Waals surface area contributed by atoms with E-state index < -0.39 is 0 Å². The highest BCUT2D eigenvalue weighted by atomic mass is 15.0. The van der Waals surface area contributed by atoms with Crippen LogP contribution in [-0.4, -0.2) is 13.7 Å². The molecule has 630 valence electrons. The summed E-state index contributed by atoms with van der Waals surface area (Å²) in [6.45, 7) is 6.85. The fourth-order valence-electron chi connectivity index (χ4n) is 22.8. The van der Waals surface area contributed by atoms with E-state index in [1.54, 1.807) is 0 Å². The smallest absolute Gasteiger partial charge is 0.0541 e. The molecule has 26 aromatic carbocycles. The van der Waals surface area contributed by atoms with E-state index in [1.807, 2.05) is 0 Å². The minimum absolute atomic E-state index is 0.103. The molecule has 0 N–H and O–H groups in total. The third-order valence-corrected chi connectivity index (χ3v) is 29.2. The number of hydrogen-bond acceptors (Lipinski definition) is 0. The van der Waals surface area contributed by atoms with Gasteiger partial charge in [0.1, 0.15) is 0 Å². The molecule has 0 saturated carbocycles. The number of rotatable bonds is 9. The molecule has 0 spiro atoms. The second-order valence-corrected chi connectivity index (χ2v) is 37.6. The van der Waals surface area contributed by atoms with Gasteiger partial charge >= 0.3 is 0 Å². The Morgan fingerprint density at radius 2 is 0.378 bits per heavy atom. The molecule has 0 amide bonds. The van der Waals surface area contributed by atoms with Crippen LogP contribution in [0, 0.1) is 0 Å². The summed E-state index contributed by atoms with van der Waals surface area (Å²) in [5.74, 6) is 0. The Kier molecular flexibility index (Phi) is 17.7. The van der Waals surface area contributed by atoms with Gasteiger partial charge in [-0.3, -0.25) is 0 Å². The molecule has 0 fully saturated rings. The molecule has 3 nitrogen and oxygen atoms in total. The fourth-order valence-corrected chi connectivity index (χ4v) is 22.8. The Morgan fingerprint density at radius 3 is 0.719 bits per heavy atom. The lowest BCUT2D eigenvalue weighted by atomic mass is 9.84. The van der Waals surface area contributed by atoms with Gasteiger partial charge in [0.15, 0.2) is 0 Å². The third kappa shape index (κ3) is 12.4. The van der Waals surface area contributed by atoms with Crippen LogP contribution in [0.4, 0.5) is 0 Å². The second kappa shape index (κ2) is 30.7. The van der Waals surface area contributed by atoms with E-state index in [1.165, 1.54) is 273 Å². The number of benzene rings is 26. The maximum Gasteiger partial charge on any atom is 0.0541 e. The van der Waals surface area contributed by atoms with Gasteiger partial charge in [-0.15, -0.1) is 0 Å². The highest BCUT2D eigenvalue weighted by Crippen LogP contribution is 2.50. The number of hydrogen-bond donors (Lipinski definition) is 0. The zero-order chi connectivity index (χ0) is 89.3. The van der Waals surface area contributed by atoms with Crippen molar-refractivity contribution < 1.29 is 0 Å². The van der Waals surface area contributed by atoms with E-state index in [0.29, 0.717) is 0 Å². The van der Waals surface area contributed by atoms with Gasteiger partial charge in [0.25, 0.3) is 0 Å². The van der Waals surface area contributed by atoms with Crippen LogP contribution in [0.25, 0.3) is 268 Å². The summed E-state index contributed by atoms with van der Waals surface area (Å²) >= 11 is 0. The van der Waals surface area contributed by atoms with E-state index in [2.05, 4.69) is 508 Å². The van der Waals surface area contributed by atoms with Crippen molar-refractivity contribution in [3.63, 3.8) is 0 Å². The number of aromatic nitrogens is 3. The zero-order valence-corrected chi connectivity index (χ0v) is 74.9. The Balaban J connectivity index is 0.000000103. The van der Waals surface area contributed by atoms with Crippen molar-refractivity contribution in [3.8, 4) is 83.8 Å². The lowest BCUT2D eigenvalue weighted by molar-refractivity contribution is 0.590. The summed E-state index contributed by atoms with van der Waals surface area (Å²) in [7, 11) is 0. The van der Waals surface area contributed by atoms with Gasteiger partial charge in [-0.05, 0) is 275 Å². The largest absolute Gasteiger partial charge is 0.309 e. The van der Waals surface area contributed by atoms with Crippen LogP contribution in [0.1, 0.15) is 26.3 Å². The van der Waals surface area contributed by atoms with Crippen LogP contribution in [0.5, 0.6) is 0 Å². The molecule has 0 aliphatic rings. The summed E-state index contributed by atoms with van der Waals surface area (Å²) in [4.78, 5) is 0. The molecule has 0 bridgehead atoms. The first kappa shape index (κ1) is 77.7. The SMILES string of the molecule is CC(C)(C)c1cccc(-c2ccc3ccc4c(-c5ccc(-n6c7ccccc7c7ccccc76)cc5)ccc5ccc2c3c54)c1.c1ccc2c(-c3ccc4ccc5c(-c6ccc(-n7c8ccccc8c8ccccc87)cc6)ccc6ccc3c4c65)cccc2c1.c1ccc2cc(-c3ccc4ccc5c(-c6ccc(-n7c8ccccc8c8ccccc87)cc6)ccc6ccc3c4c65)ccc2c1. The van der Waals surface area contributed by atoms with E-state index >= 15 is 0 Å². The van der Waals surface area contributed by atoms with Crippen LogP contribution in [0.3, 0.4) is 0 Å². The minimum atomic E-state index is 0.103. The standard InChI is InChI=1S/2C44H27N.C44H33N/c1-2-10-33-28(8-1)9-7-13-35(33)36-25-19-31-20-26-39-34(24-18-30-21-27-40(36)44(31)43(30)39)29-16-22-32(23-17-29)45-41-14-5-3-11-37(41)38-12-4-6-15-42(38)45;1-2-8-32-27-33(14-13-28(32)7-1)36-24-18-31-19-25-39-35(23-17-30-20-26-40(36)44(31)43(30)39)29-15-21-34(22-16-29)45-41-11-5-3-9-37(41)38-10-4-6-12-42(38)45;1-44(2,3)32-10-8-9-31(27-32)35-24-18-30-19-25-38-34(23-17-29-20-26-39(35)43(30)42(29)38)28-15-21-33(22-16-28)45-40-13-6-4-11-36(40)37-12-5-7-14-41(37)45/h2*1-27H;4-27H,1-3H3. The highest BCUT2D eigenvalue weighted by molar-refractivity contribution is 6.31. The first-order valence-corrected chi connectivity index (χ1v) is 47.1. The number of nitrogens with zero attached hydrogens (tertiary/aromatic N) is 3. The molecule has 29 rings (SSSR count). The summed E-state index contributed by atoms with van der Waals surface area (Å²) in [6.07, 6.45) is 0. The lowest BCUT2D eigenvalue weighted by Gasteiger charge is -2.21. The van der Waals surface area contributed by atoms with Gasteiger partial charge in [0.2, 0.25) is 0 Å². The molecular formula is C132H87N3. The van der Waals surface area contributed by atoms with E-state index in [-0.39, 0.29) is 5.41 Å². The fraction of sp³-hybridized carbons (Fsp3) is 0.0303. The van der Waals surface area contributed by atoms with E-state index in [9.17, 15) is 0 Å². The van der Waals surface area contributed by atoms with Gasteiger partial charge in [0, 0.05) is 49.4 Å². The molecule has 0 saturated heterocycles. The van der Waals surface area contributed by atoms with Crippen LogP contribution in [-0.2, 0) is 5.41 Å². The van der Waals surface area contributed by atoms with E-state index in [0.717, 1.165) is 0 Å². The Hall–Kier alpha value is -17.2. The first-order chi connectivity index (χ1) is 66.6. The molecular weight excluding hydrogens is 1630 g/mol. The van der Waals surface area contributed by atoms with Gasteiger partial charge in [-0.2, -0.15) is 0 Å². The molecule has 0 aliphatic carbocycles. The summed E-state index contributed by atoms with van der Waals surface area (Å²) < 4.78 is 7.15. The van der Waals surface area contributed by atoms with Gasteiger partial charge in [0.05, 0.1) is 33.1 Å². The van der Waals surface area contributed by atoms with Gasteiger partial charge < -0.3 is 13.7 Å². The summed E-state index contributed by atoms with van der Waals surface area (Å²) in [6, 6.07) is 175. The van der Waals surface area contributed by atoms with Crippen LogP contribution < -0.4 is 0 Å².